The van der Waals surface area contributed by atoms with Crippen molar-refractivity contribution in [2.24, 2.45) is 11.5 Å². The van der Waals surface area contributed by atoms with Crippen LogP contribution in [-0.2, 0) is 0 Å². The summed E-state index contributed by atoms with van der Waals surface area (Å²) in [6, 6.07) is 11.5. The predicted molar refractivity (Wildman–Crippen MR) is 73.3 cm³/mol. The first-order valence-corrected chi connectivity index (χ1v) is 6.51. The van der Waals surface area contributed by atoms with Crippen LogP contribution < -0.4 is 11.5 Å². The van der Waals surface area contributed by atoms with Crippen molar-refractivity contribution in [1.82, 2.24) is 4.98 Å². The minimum absolute atomic E-state index is 0.256. The number of aromatic nitrogens is 1. The second-order valence-corrected chi connectivity index (χ2v) is 5.06. The highest BCUT2D eigenvalue weighted by molar-refractivity contribution is 7.21. The fourth-order valence-electron chi connectivity index (χ4n) is 1.76. The molecule has 4 nitrogen and oxygen atoms in total. The fraction of sp³-hybridized carbons (Fsp3) is 0.154. The van der Waals surface area contributed by atoms with Crippen LogP contribution in [0.4, 0.5) is 0 Å². The predicted octanol–water partition coefficient (Wildman–Crippen LogP) is 2.51. The number of para-hydroxylation sites is 1. The van der Waals surface area contributed by atoms with Crippen molar-refractivity contribution in [3.8, 4) is 10.8 Å². The van der Waals surface area contributed by atoms with Gasteiger partial charge in [0.05, 0.1) is 16.3 Å². The van der Waals surface area contributed by atoms with Crippen molar-refractivity contribution in [3.05, 3.63) is 42.2 Å². The molecule has 1 aromatic carbocycles. The zero-order valence-corrected chi connectivity index (χ0v) is 10.5. The van der Waals surface area contributed by atoms with Crippen molar-refractivity contribution >= 4 is 21.6 Å². The number of rotatable bonds is 3. The van der Waals surface area contributed by atoms with Crippen LogP contribution in [0.3, 0.4) is 0 Å². The Morgan fingerprint density at radius 1 is 1.22 bits per heavy atom. The highest BCUT2D eigenvalue weighted by atomic mass is 32.1. The Bertz CT molecular complexity index is 640. The van der Waals surface area contributed by atoms with E-state index in [-0.39, 0.29) is 6.04 Å². The van der Waals surface area contributed by atoms with E-state index in [1.165, 1.54) is 0 Å². The van der Waals surface area contributed by atoms with Crippen LogP contribution >= 0.6 is 11.3 Å². The third kappa shape index (κ3) is 1.92. The maximum Gasteiger partial charge on any atom is 0.163 e. The lowest BCUT2D eigenvalue weighted by Crippen LogP contribution is -2.19. The minimum atomic E-state index is -0.256. The van der Waals surface area contributed by atoms with Crippen LogP contribution in [0, 0.1) is 0 Å². The number of furan rings is 1. The summed E-state index contributed by atoms with van der Waals surface area (Å²) in [5.41, 5.74) is 12.3. The summed E-state index contributed by atoms with van der Waals surface area (Å²) in [7, 11) is 0. The van der Waals surface area contributed by atoms with Crippen LogP contribution in [0.2, 0.25) is 0 Å². The van der Waals surface area contributed by atoms with E-state index in [0.29, 0.717) is 12.3 Å². The Morgan fingerprint density at radius 2 is 2.06 bits per heavy atom. The van der Waals surface area contributed by atoms with Gasteiger partial charge in [-0.2, -0.15) is 0 Å². The Kier molecular flexibility index (Phi) is 2.87. The third-order valence-electron chi connectivity index (χ3n) is 2.75. The fourth-order valence-corrected chi connectivity index (χ4v) is 2.69. The standard InChI is InChI=1S/C13H13N3OS/c14-7-8(15)10-5-6-11(17-10)13-16-9-3-1-2-4-12(9)18-13/h1-6,8H,7,14-15H2. The zero-order valence-electron chi connectivity index (χ0n) is 9.67. The number of hydrogen-bond donors (Lipinski definition) is 2. The first-order chi connectivity index (χ1) is 8.78. The molecule has 3 rings (SSSR count). The molecule has 92 valence electrons. The molecule has 2 aromatic heterocycles. The number of benzene rings is 1. The van der Waals surface area contributed by atoms with Gasteiger partial charge in [0.25, 0.3) is 0 Å². The summed E-state index contributed by atoms with van der Waals surface area (Å²) < 4.78 is 6.84. The Labute approximate surface area is 108 Å². The van der Waals surface area contributed by atoms with Gasteiger partial charge in [0.15, 0.2) is 10.8 Å². The molecule has 3 aromatic rings. The first-order valence-electron chi connectivity index (χ1n) is 5.69. The Hall–Kier alpha value is -1.69. The van der Waals surface area contributed by atoms with Gasteiger partial charge in [-0.1, -0.05) is 12.1 Å². The summed E-state index contributed by atoms with van der Waals surface area (Å²) in [4.78, 5) is 4.53. The average molecular weight is 259 g/mol. The molecule has 0 fully saturated rings. The highest BCUT2D eigenvalue weighted by Gasteiger charge is 2.13. The largest absolute Gasteiger partial charge is 0.457 e. The Balaban J connectivity index is 2.01. The maximum absolute atomic E-state index is 5.83. The van der Waals surface area contributed by atoms with E-state index in [4.69, 9.17) is 15.9 Å². The number of hydrogen-bond acceptors (Lipinski definition) is 5. The summed E-state index contributed by atoms with van der Waals surface area (Å²) >= 11 is 1.61. The highest BCUT2D eigenvalue weighted by Crippen LogP contribution is 2.31. The van der Waals surface area contributed by atoms with E-state index in [2.05, 4.69) is 4.98 Å². The molecule has 0 aliphatic rings. The van der Waals surface area contributed by atoms with Gasteiger partial charge in [0, 0.05) is 6.54 Å². The maximum atomic E-state index is 5.83. The van der Waals surface area contributed by atoms with E-state index in [9.17, 15) is 0 Å². The molecule has 1 atom stereocenters. The van der Waals surface area contributed by atoms with Crippen LogP contribution in [0.1, 0.15) is 11.8 Å². The van der Waals surface area contributed by atoms with E-state index < -0.39 is 0 Å². The van der Waals surface area contributed by atoms with Crippen molar-refractivity contribution in [1.29, 1.82) is 0 Å². The van der Waals surface area contributed by atoms with E-state index in [1.807, 2.05) is 36.4 Å². The number of fused-ring (bicyclic) bond motifs is 1. The number of nitrogens with two attached hydrogens (primary N) is 2. The quantitative estimate of drug-likeness (QED) is 0.757. The third-order valence-corrected chi connectivity index (χ3v) is 3.80. The lowest BCUT2D eigenvalue weighted by atomic mass is 10.2. The van der Waals surface area contributed by atoms with Gasteiger partial charge in [-0.25, -0.2) is 4.98 Å². The summed E-state index contributed by atoms with van der Waals surface area (Å²) in [5.74, 6) is 1.45. The summed E-state index contributed by atoms with van der Waals surface area (Å²) in [5, 5.41) is 0.867. The molecule has 18 heavy (non-hydrogen) atoms. The number of thiazole rings is 1. The molecule has 0 aliphatic carbocycles. The molecule has 0 radical (unpaired) electrons. The molecule has 0 saturated carbocycles. The van der Waals surface area contributed by atoms with Gasteiger partial charge in [0.1, 0.15) is 5.76 Å². The molecule has 2 heterocycles. The van der Waals surface area contributed by atoms with Crippen LogP contribution in [-0.4, -0.2) is 11.5 Å². The summed E-state index contributed by atoms with van der Waals surface area (Å²) in [6.07, 6.45) is 0. The van der Waals surface area contributed by atoms with Crippen LogP contribution in [0.15, 0.2) is 40.8 Å². The second kappa shape index (κ2) is 4.53. The van der Waals surface area contributed by atoms with Gasteiger partial charge in [-0.3, -0.25) is 0 Å². The normalized spacial score (nSPS) is 13.0. The molecule has 0 amide bonds. The monoisotopic (exact) mass is 259 g/mol. The SMILES string of the molecule is NCC(N)c1ccc(-c2nc3ccccc3s2)o1. The summed E-state index contributed by atoms with van der Waals surface area (Å²) in [6.45, 7) is 0.368. The molecular formula is C13H13N3OS. The van der Waals surface area contributed by atoms with Gasteiger partial charge in [0.2, 0.25) is 0 Å². The average Bonchev–Trinajstić information content (AvgIpc) is 3.03. The van der Waals surface area contributed by atoms with Crippen LogP contribution in [0.5, 0.6) is 0 Å². The first kappa shape index (κ1) is 11.4. The van der Waals surface area contributed by atoms with Gasteiger partial charge < -0.3 is 15.9 Å². The molecule has 5 heteroatoms. The smallest absolute Gasteiger partial charge is 0.163 e. The van der Waals surface area contributed by atoms with Crippen molar-refractivity contribution < 1.29 is 4.42 Å². The topological polar surface area (TPSA) is 78.1 Å². The molecule has 1 unspecified atom stereocenters. The van der Waals surface area contributed by atoms with Crippen molar-refractivity contribution in [3.63, 3.8) is 0 Å². The van der Waals surface area contributed by atoms with Gasteiger partial charge in [-0.05, 0) is 24.3 Å². The van der Waals surface area contributed by atoms with Gasteiger partial charge in [-0.15, -0.1) is 11.3 Å². The van der Waals surface area contributed by atoms with Gasteiger partial charge >= 0.3 is 0 Å². The Morgan fingerprint density at radius 3 is 2.83 bits per heavy atom. The number of nitrogens with zero attached hydrogens (tertiary/aromatic N) is 1. The zero-order chi connectivity index (χ0) is 12.5. The van der Waals surface area contributed by atoms with Crippen molar-refractivity contribution in [2.75, 3.05) is 6.54 Å². The van der Waals surface area contributed by atoms with Crippen LogP contribution in [0.25, 0.3) is 21.0 Å². The minimum Gasteiger partial charge on any atom is -0.457 e. The lowest BCUT2D eigenvalue weighted by molar-refractivity contribution is 0.479. The molecule has 0 spiro atoms. The van der Waals surface area contributed by atoms with Crippen molar-refractivity contribution in [2.45, 2.75) is 6.04 Å². The molecule has 0 saturated heterocycles. The molecule has 4 N–H and O–H groups in total. The van der Waals surface area contributed by atoms with E-state index in [1.54, 1.807) is 11.3 Å². The molecular weight excluding hydrogens is 246 g/mol. The lowest BCUT2D eigenvalue weighted by Gasteiger charge is -2.02. The second-order valence-electron chi connectivity index (χ2n) is 4.03. The van der Waals surface area contributed by atoms with E-state index in [0.717, 1.165) is 21.0 Å². The molecule has 0 bridgehead atoms. The molecule has 0 aliphatic heterocycles. The van der Waals surface area contributed by atoms with E-state index >= 15 is 0 Å².